The van der Waals surface area contributed by atoms with E-state index in [0.29, 0.717) is 13.1 Å². The van der Waals surface area contributed by atoms with Crippen LogP contribution in [0.3, 0.4) is 0 Å². The van der Waals surface area contributed by atoms with Gasteiger partial charge in [-0.05, 0) is 42.1 Å². The third kappa shape index (κ3) is 5.00. The molecule has 0 radical (unpaired) electrons. The molecule has 158 valence electrons. The van der Waals surface area contributed by atoms with E-state index in [1.54, 1.807) is 58.7 Å². The molecule has 0 atom stereocenters. The van der Waals surface area contributed by atoms with Gasteiger partial charge in [0.2, 0.25) is 0 Å². The Morgan fingerprint density at radius 3 is 2.43 bits per heavy atom. The van der Waals surface area contributed by atoms with Crippen LogP contribution in [0, 0.1) is 0 Å². The van der Waals surface area contributed by atoms with Crippen molar-refractivity contribution in [3.05, 3.63) is 76.4 Å². The number of rotatable bonds is 7. The molecule has 4 rings (SSSR count). The van der Waals surface area contributed by atoms with Gasteiger partial charge in [0.15, 0.2) is 15.6 Å². The molecule has 3 heterocycles. The van der Waals surface area contributed by atoms with E-state index in [1.165, 1.54) is 4.88 Å². The normalized spacial score (nSPS) is 15.4. The number of hydrogen-bond acceptors (Lipinski definition) is 6. The summed E-state index contributed by atoms with van der Waals surface area (Å²) in [6.07, 6.45) is 1.03. The monoisotopic (exact) mass is 444 g/mol. The fraction of sp³-hybridized carbons (Fsp3) is 0.318. The van der Waals surface area contributed by atoms with Gasteiger partial charge in [-0.25, -0.2) is 8.42 Å². The number of amides is 1. The summed E-state index contributed by atoms with van der Waals surface area (Å²) < 4.78 is 30.6. The maximum Gasteiger partial charge on any atom is 0.289 e. The molecule has 30 heavy (non-hydrogen) atoms. The molecule has 0 bridgehead atoms. The molecular weight excluding hydrogens is 420 g/mol. The lowest BCUT2D eigenvalue weighted by molar-refractivity contribution is 0.0606. The molecule has 6 nitrogen and oxygen atoms in total. The van der Waals surface area contributed by atoms with Gasteiger partial charge in [-0.1, -0.05) is 24.3 Å². The Bertz CT molecular complexity index is 1070. The van der Waals surface area contributed by atoms with Crippen molar-refractivity contribution in [1.29, 1.82) is 0 Å². The van der Waals surface area contributed by atoms with Gasteiger partial charge in [0.05, 0.1) is 4.90 Å². The van der Waals surface area contributed by atoms with E-state index in [0.717, 1.165) is 26.1 Å². The number of nitrogens with zero attached hydrogens (tertiary/aromatic N) is 2. The SMILES string of the molecule is O=C(c1ccc(CS(=O)(=O)c2ccccc2)o1)N1CCN(CCc2cccs2)CC1. The lowest BCUT2D eigenvalue weighted by Gasteiger charge is -2.34. The third-order valence-corrected chi connectivity index (χ3v) is 7.81. The van der Waals surface area contributed by atoms with E-state index in [4.69, 9.17) is 4.42 Å². The Morgan fingerprint density at radius 1 is 0.967 bits per heavy atom. The van der Waals surface area contributed by atoms with Crippen molar-refractivity contribution < 1.29 is 17.6 Å². The quantitative estimate of drug-likeness (QED) is 0.559. The highest BCUT2D eigenvalue weighted by molar-refractivity contribution is 7.90. The fourth-order valence-corrected chi connectivity index (χ4v) is 5.49. The van der Waals surface area contributed by atoms with Crippen LogP contribution in [0.4, 0.5) is 0 Å². The predicted octanol–water partition coefficient (Wildman–Crippen LogP) is 3.32. The van der Waals surface area contributed by atoms with Crippen molar-refractivity contribution in [2.24, 2.45) is 0 Å². The lowest BCUT2D eigenvalue weighted by Crippen LogP contribution is -2.49. The van der Waals surface area contributed by atoms with Crippen LogP contribution in [0.2, 0.25) is 0 Å². The van der Waals surface area contributed by atoms with Gasteiger partial charge in [0.25, 0.3) is 5.91 Å². The topological polar surface area (TPSA) is 70.8 Å². The molecule has 1 fully saturated rings. The van der Waals surface area contributed by atoms with Crippen molar-refractivity contribution in [3.8, 4) is 0 Å². The van der Waals surface area contributed by atoms with Gasteiger partial charge in [-0.2, -0.15) is 0 Å². The molecule has 0 aliphatic carbocycles. The number of carbonyl (C=O) groups is 1. The smallest absolute Gasteiger partial charge is 0.289 e. The van der Waals surface area contributed by atoms with Crippen LogP contribution in [0.1, 0.15) is 21.2 Å². The minimum Gasteiger partial charge on any atom is -0.455 e. The maximum atomic E-state index is 12.8. The van der Waals surface area contributed by atoms with Crippen LogP contribution >= 0.6 is 11.3 Å². The summed E-state index contributed by atoms with van der Waals surface area (Å²) in [5, 5.41) is 2.09. The second-order valence-corrected chi connectivity index (χ2v) is 10.3. The van der Waals surface area contributed by atoms with Crippen LogP contribution < -0.4 is 0 Å². The summed E-state index contributed by atoms with van der Waals surface area (Å²) in [6, 6.07) is 15.6. The summed E-state index contributed by atoms with van der Waals surface area (Å²) in [7, 11) is -3.51. The molecule has 1 saturated heterocycles. The number of piperazine rings is 1. The van der Waals surface area contributed by atoms with E-state index in [2.05, 4.69) is 22.4 Å². The first-order valence-corrected chi connectivity index (χ1v) is 12.4. The highest BCUT2D eigenvalue weighted by Crippen LogP contribution is 2.19. The van der Waals surface area contributed by atoms with Crippen molar-refractivity contribution >= 4 is 27.1 Å². The number of thiophene rings is 1. The number of benzene rings is 1. The summed E-state index contributed by atoms with van der Waals surface area (Å²) in [4.78, 5) is 18.5. The molecule has 3 aromatic rings. The highest BCUT2D eigenvalue weighted by atomic mass is 32.2. The zero-order valence-corrected chi connectivity index (χ0v) is 18.2. The van der Waals surface area contributed by atoms with E-state index in [1.807, 2.05) is 0 Å². The number of furan rings is 1. The standard InChI is InChI=1S/C22H24N2O4S2/c25-22(24-14-12-23(13-15-24)11-10-19-5-4-16-29-19)21-9-8-18(28-21)17-30(26,27)20-6-2-1-3-7-20/h1-9,16H,10-15,17H2. The van der Waals surface area contributed by atoms with Crippen LogP contribution in [0.5, 0.6) is 0 Å². The number of sulfone groups is 1. The zero-order valence-electron chi connectivity index (χ0n) is 16.6. The molecular formula is C22H24N2O4S2. The summed E-state index contributed by atoms with van der Waals surface area (Å²) >= 11 is 1.77. The van der Waals surface area contributed by atoms with Gasteiger partial charge in [-0.15, -0.1) is 11.3 Å². The first-order valence-electron chi connectivity index (χ1n) is 9.92. The molecule has 0 unspecified atom stereocenters. The van der Waals surface area contributed by atoms with Crippen molar-refractivity contribution in [1.82, 2.24) is 9.80 Å². The van der Waals surface area contributed by atoms with Crippen molar-refractivity contribution in [2.45, 2.75) is 17.1 Å². The Kier molecular flexibility index (Phi) is 6.36. The second kappa shape index (κ2) is 9.16. The Hall–Kier alpha value is -2.42. The first-order chi connectivity index (χ1) is 14.5. The summed E-state index contributed by atoms with van der Waals surface area (Å²) in [5.74, 6) is 0.0224. The molecule has 0 N–H and O–H groups in total. The summed E-state index contributed by atoms with van der Waals surface area (Å²) in [6.45, 7) is 3.92. The maximum absolute atomic E-state index is 12.8. The van der Waals surface area contributed by atoms with E-state index < -0.39 is 9.84 Å². The average molecular weight is 445 g/mol. The van der Waals surface area contributed by atoms with E-state index in [9.17, 15) is 13.2 Å². The molecule has 1 aliphatic heterocycles. The molecule has 0 saturated carbocycles. The molecule has 1 amide bonds. The molecule has 1 aliphatic rings. The van der Waals surface area contributed by atoms with Gasteiger partial charge in [0, 0.05) is 37.6 Å². The fourth-order valence-electron chi connectivity index (χ4n) is 3.52. The molecule has 2 aromatic heterocycles. The van der Waals surface area contributed by atoms with Crippen LogP contribution in [-0.2, 0) is 22.0 Å². The Labute approximate surface area is 180 Å². The summed E-state index contributed by atoms with van der Waals surface area (Å²) in [5.41, 5.74) is 0. The number of hydrogen-bond donors (Lipinski definition) is 0. The molecule has 8 heteroatoms. The van der Waals surface area contributed by atoms with Gasteiger partial charge in [-0.3, -0.25) is 9.69 Å². The largest absolute Gasteiger partial charge is 0.455 e. The van der Waals surface area contributed by atoms with Gasteiger partial charge >= 0.3 is 0 Å². The average Bonchev–Trinajstić information content (AvgIpc) is 3.45. The predicted molar refractivity (Wildman–Crippen MR) is 116 cm³/mol. The second-order valence-electron chi connectivity index (χ2n) is 7.30. The Balaban J connectivity index is 1.31. The molecule has 1 aromatic carbocycles. The number of carbonyl (C=O) groups excluding carboxylic acids is 1. The third-order valence-electron chi connectivity index (χ3n) is 5.22. The first kappa shape index (κ1) is 20.8. The van der Waals surface area contributed by atoms with Crippen LogP contribution in [0.15, 0.2) is 69.3 Å². The van der Waals surface area contributed by atoms with Crippen molar-refractivity contribution in [3.63, 3.8) is 0 Å². The van der Waals surface area contributed by atoms with Crippen LogP contribution in [-0.4, -0.2) is 56.8 Å². The Morgan fingerprint density at radius 2 is 1.73 bits per heavy atom. The minimum absolute atomic E-state index is 0.184. The van der Waals surface area contributed by atoms with Gasteiger partial charge in [0.1, 0.15) is 11.5 Å². The van der Waals surface area contributed by atoms with E-state index in [-0.39, 0.29) is 28.1 Å². The zero-order chi connectivity index (χ0) is 21.0. The van der Waals surface area contributed by atoms with Gasteiger partial charge < -0.3 is 9.32 Å². The minimum atomic E-state index is -3.51. The lowest BCUT2D eigenvalue weighted by atomic mass is 10.2. The van der Waals surface area contributed by atoms with Crippen LogP contribution in [0.25, 0.3) is 0 Å². The van der Waals surface area contributed by atoms with E-state index >= 15 is 0 Å². The highest BCUT2D eigenvalue weighted by Gasteiger charge is 2.25. The molecule has 0 spiro atoms. The van der Waals surface area contributed by atoms with Crippen molar-refractivity contribution in [2.75, 3.05) is 32.7 Å².